The van der Waals surface area contributed by atoms with E-state index in [0.29, 0.717) is 35.2 Å². The molecule has 0 saturated carbocycles. The molecule has 6 nitrogen and oxygen atoms in total. The lowest BCUT2D eigenvalue weighted by Crippen LogP contribution is -2.36. The molecule has 0 spiro atoms. The maximum atomic E-state index is 12.8. The second-order valence-electron chi connectivity index (χ2n) is 6.26. The van der Waals surface area contributed by atoms with Crippen LogP contribution in [0.1, 0.15) is 31.3 Å². The summed E-state index contributed by atoms with van der Waals surface area (Å²) in [5, 5.41) is 0.312. The third kappa shape index (κ3) is 3.75. The molecular formula is C16H26ClN5O. The number of hydrogen-bond donors (Lipinski definition) is 0. The lowest BCUT2D eigenvalue weighted by atomic mass is 10.1. The highest BCUT2D eigenvalue weighted by Gasteiger charge is 2.35. The Bertz CT molecular complexity index is 561. The predicted octanol–water partition coefficient (Wildman–Crippen LogP) is 2.00. The van der Waals surface area contributed by atoms with E-state index in [1.54, 1.807) is 0 Å². The van der Waals surface area contributed by atoms with Crippen molar-refractivity contribution >= 4 is 23.5 Å². The molecule has 1 aromatic rings. The number of anilines is 1. The summed E-state index contributed by atoms with van der Waals surface area (Å²) in [6.45, 7) is 9.24. The number of likely N-dealkylation sites (tertiary alicyclic amines) is 1. The van der Waals surface area contributed by atoms with E-state index < -0.39 is 0 Å². The highest BCUT2D eigenvalue weighted by atomic mass is 35.5. The van der Waals surface area contributed by atoms with Crippen molar-refractivity contribution in [2.75, 3.05) is 45.2 Å². The Morgan fingerprint density at radius 2 is 2.00 bits per heavy atom. The third-order valence-corrected chi connectivity index (χ3v) is 4.78. The first-order valence-corrected chi connectivity index (χ1v) is 8.49. The molecule has 0 radical (unpaired) electrons. The van der Waals surface area contributed by atoms with Crippen LogP contribution < -0.4 is 4.90 Å². The molecule has 128 valence electrons. The molecule has 23 heavy (non-hydrogen) atoms. The van der Waals surface area contributed by atoms with Crippen LogP contribution in [-0.4, -0.2) is 72.0 Å². The summed E-state index contributed by atoms with van der Waals surface area (Å²) in [7, 11) is 4.09. The molecule has 0 aromatic carbocycles. The van der Waals surface area contributed by atoms with E-state index in [-0.39, 0.29) is 5.91 Å². The fourth-order valence-corrected chi connectivity index (χ4v) is 3.28. The minimum absolute atomic E-state index is 0.109. The van der Waals surface area contributed by atoms with Crippen molar-refractivity contribution in [3.63, 3.8) is 0 Å². The van der Waals surface area contributed by atoms with E-state index in [1.165, 1.54) is 6.20 Å². The van der Waals surface area contributed by atoms with Crippen LogP contribution in [0.5, 0.6) is 0 Å². The number of aromatic nitrogens is 2. The SMILES string of the molecule is CCN(CC)c1ncc(Cl)c(C(=O)N2C[C@@H](C)[C@H](N(C)C)C2)n1. The average molecular weight is 340 g/mol. The Balaban J connectivity index is 2.24. The van der Waals surface area contributed by atoms with Crippen molar-refractivity contribution in [2.24, 2.45) is 5.92 Å². The summed E-state index contributed by atoms with van der Waals surface area (Å²) in [4.78, 5) is 27.5. The van der Waals surface area contributed by atoms with Crippen LogP contribution in [0.2, 0.25) is 5.02 Å². The van der Waals surface area contributed by atoms with Crippen molar-refractivity contribution < 1.29 is 4.79 Å². The Labute approximate surface area is 143 Å². The molecule has 1 aliphatic rings. The van der Waals surface area contributed by atoms with E-state index in [1.807, 2.05) is 37.7 Å². The summed E-state index contributed by atoms with van der Waals surface area (Å²) in [6.07, 6.45) is 1.53. The second kappa shape index (κ2) is 7.45. The maximum absolute atomic E-state index is 12.8. The first-order valence-electron chi connectivity index (χ1n) is 8.12. The zero-order valence-electron chi connectivity index (χ0n) is 14.6. The first-order chi connectivity index (χ1) is 10.9. The molecule has 7 heteroatoms. The Kier molecular flexibility index (Phi) is 5.81. The summed E-state index contributed by atoms with van der Waals surface area (Å²) < 4.78 is 0. The van der Waals surface area contributed by atoms with Crippen LogP contribution in [0, 0.1) is 5.92 Å². The lowest BCUT2D eigenvalue weighted by molar-refractivity contribution is 0.0775. The van der Waals surface area contributed by atoms with Crippen LogP contribution in [0.25, 0.3) is 0 Å². The second-order valence-corrected chi connectivity index (χ2v) is 6.66. The van der Waals surface area contributed by atoms with Gasteiger partial charge in [0, 0.05) is 32.2 Å². The smallest absolute Gasteiger partial charge is 0.274 e. The van der Waals surface area contributed by atoms with Crippen molar-refractivity contribution in [3.05, 3.63) is 16.9 Å². The summed E-state index contributed by atoms with van der Waals surface area (Å²) in [5.41, 5.74) is 0.301. The van der Waals surface area contributed by atoms with Crippen molar-refractivity contribution in [1.29, 1.82) is 0 Å². The molecule has 1 aromatic heterocycles. The van der Waals surface area contributed by atoms with Crippen LogP contribution in [0.4, 0.5) is 5.95 Å². The maximum Gasteiger partial charge on any atom is 0.274 e. The predicted molar refractivity (Wildman–Crippen MR) is 93.1 cm³/mol. The largest absolute Gasteiger partial charge is 0.341 e. The monoisotopic (exact) mass is 339 g/mol. The molecule has 1 saturated heterocycles. The highest BCUT2D eigenvalue weighted by molar-refractivity contribution is 6.33. The van der Waals surface area contributed by atoms with E-state index >= 15 is 0 Å². The number of amides is 1. The Morgan fingerprint density at radius 3 is 2.52 bits per heavy atom. The third-order valence-electron chi connectivity index (χ3n) is 4.50. The molecule has 2 rings (SSSR count). The molecule has 1 fully saturated rings. The van der Waals surface area contributed by atoms with Crippen LogP contribution in [0.3, 0.4) is 0 Å². The molecule has 0 unspecified atom stereocenters. The van der Waals surface area contributed by atoms with Crippen LogP contribution in [0.15, 0.2) is 6.20 Å². The van der Waals surface area contributed by atoms with Gasteiger partial charge in [0.1, 0.15) is 0 Å². The van der Waals surface area contributed by atoms with Gasteiger partial charge >= 0.3 is 0 Å². The van der Waals surface area contributed by atoms with Crippen molar-refractivity contribution in [2.45, 2.75) is 26.8 Å². The van der Waals surface area contributed by atoms with Gasteiger partial charge in [-0.2, -0.15) is 0 Å². The van der Waals surface area contributed by atoms with E-state index in [0.717, 1.165) is 19.6 Å². The average Bonchev–Trinajstić information content (AvgIpc) is 2.91. The number of halogens is 1. The summed E-state index contributed by atoms with van der Waals surface area (Å²) in [5.74, 6) is 0.873. The zero-order valence-corrected chi connectivity index (χ0v) is 15.3. The van der Waals surface area contributed by atoms with Gasteiger partial charge in [-0.05, 0) is 33.9 Å². The van der Waals surface area contributed by atoms with Gasteiger partial charge in [-0.25, -0.2) is 9.97 Å². The number of likely N-dealkylation sites (N-methyl/N-ethyl adjacent to an activating group) is 1. The van der Waals surface area contributed by atoms with Gasteiger partial charge < -0.3 is 14.7 Å². The molecular weight excluding hydrogens is 314 g/mol. The van der Waals surface area contributed by atoms with Gasteiger partial charge in [0.15, 0.2) is 5.69 Å². The molecule has 0 aliphatic carbocycles. The topological polar surface area (TPSA) is 52.6 Å². The van der Waals surface area contributed by atoms with Gasteiger partial charge in [0.05, 0.1) is 11.2 Å². The Hall–Kier alpha value is -1.40. The standard InChI is InChI=1S/C16H26ClN5O/c1-6-21(7-2)16-18-8-12(17)14(19-16)15(23)22-9-11(3)13(10-22)20(4)5/h8,11,13H,6-7,9-10H2,1-5H3/t11-,13-/m1/s1. The van der Waals surface area contributed by atoms with Gasteiger partial charge in [-0.1, -0.05) is 18.5 Å². The first kappa shape index (κ1) is 17.9. The zero-order chi connectivity index (χ0) is 17.1. The Morgan fingerprint density at radius 1 is 1.35 bits per heavy atom. The van der Waals surface area contributed by atoms with E-state index in [9.17, 15) is 4.79 Å². The van der Waals surface area contributed by atoms with Gasteiger partial charge in [-0.3, -0.25) is 4.79 Å². The number of carbonyl (C=O) groups excluding carboxylic acids is 1. The summed E-state index contributed by atoms with van der Waals surface area (Å²) in [6, 6.07) is 0.363. The van der Waals surface area contributed by atoms with E-state index in [4.69, 9.17) is 11.6 Å². The van der Waals surface area contributed by atoms with Gasteiger partial charge in [-0.15, -0.1) is 0 Å². The highest BCUT2D eigenvalue weighted by Crippen LogP contribution is 2.24. The quantitative estimate of drug-likeness (QED) is 0.821. The fourth-order valence-electron chi connectivity index (χ4n) is 3.10. The number of hydrogen-bond acceptors (Lipinski definition) is 5. The van der Waals surface area contributed by atoms with Gasteiger partial charge in [0.2, 0.25) is 5.95 Å². The van der Waals surface area contributed by atoms with Crippen LogP contribution in [-0.2, 0) is 0 Å². The minimum Gasteiger partial charge on any atom is -0.341 e. The fraction of sp³-hybridized carbons (Fsp3) is 0.688. The normalized spacial score (nSPS) is 21.1. The molecule has 1 aliphatic heterocycles. The minimum atomic E-state index is -0.109. The van der Waals surface area contributed by atoms with Crippen molar-refractivity contribution in [1.82, 2.24) is 19.8 Å². The lowest BCUT2D eigenvalue weighted by Gasteiger charge is -2.23. The van der Waals surface area contributed by atoms with Gasteiger partial charge in [0.25, 0.3) is 5.91 Å². The number of rotatable bonds is 5. The molecule has 1 amide bonds. The number of carbonyl (C=O) groups is 1. The molecule has 2 heterocycles. The molecule has 0 bridgehead atoms. The van der Waals surface area contributed by atoms with Crippen LogP contribution >= 0.6 is 11.6 Å². The molecule has 2 atom stereocenters. The van der Waals surface area contributed by atoms with E-state index in [2.05, 4.69) is 21.8 Å². The molecule has 0 N–H and O–H groups in total. The summed E-state index contributed by atoms with van der Waals surface area (Å²) >= 11 is 6.19. The number of nitrogens with zero attached hydrogens (tertiary/aromatic N) is 5. The van der Waals surface area contributed by atoms with Crippen molar-refractivity contribution in [3.8, 4) is 0 Å².